The molecule has 0 bridgehead atoms. The first kappa shape index (κ1) is 17.6. The van der Waals surface area contributed by atoms with E-state index < -0.39 is 12.1 Å². The molecule has 0 saturated carbocycles. The summed E-state index contributed by atoms with van der Waals surface area (Å²) in [6.45, 7) is 0.396. The molecule has 0 aliphatic rings. The molecule has 0 aliphatic heterocycles. The summed E-state index contributed by atoms with van der Waals surface area (Å²) in [4.78, 5) is 22.8. The number of amides is 1. The number of hydrogen-bond acceptors (Lipinski definition) is 3. The second kappa shape index (κ2) is 8.74. The maximum absolute atomic E-state index is 11.6. The number of aromatic carboxylic acids is 1. The van der Waals surface area contributed by atoms with E-state index >= 15 is 0 Å². The molecule has 2 aromatic carbocycles. The van der Waals surface area contributed by atoms with Crippen LogP contribution in [-0.4, -0.2) is 23.7 Å². The first-order valence-corrected chi connectivity index (χ1v) is 7.58. The second-order valence-corrected chi connectivity index (χ2v) is 5.26. The largest absolute Gasteiger partial charge is 0.478 e. The van der Waals surface area contributed by atoms with Gasteiger partial charge in [-0.05, 0) is 17.2 Å². The van der Waals surface area contributed by atoms with Gasteiger partial charge in [-0.1, -0.05) is 66.2 Å². The third-order valence-corrected chi connectivity index (χ3v) is 3.45. The first-order chi connectivity index (χ1) is 11.6. The first-order valence-electron chi connectivity index (χ1n) is 7.21. The van der Waals surface area contributed by atoms with Crippen LogP contribution in [0, 0.1) is 0 Å². The van der Waals surface area contributed by atoms with E-state index in [9.17, 15) is 9.59 Å². The summed E-state index contributed by atoms with van der Waals surface area (Å²) in [6, 6.07) is 14.2. The van der Waals surface area contributed by atoms with Gasteiger partial charge >= 0.3 is 12.1 Å². The Morgan fingerprint density at radius 1 is 1.12 bits per heavy atom. The Balaban J connectivity index is 1.83. The number of halogens is 1. The molecule has 2 N–H and O–H groups in total. The van der Waals surface area contributed by atoms with Gasteiger partial charge in [0.25, 0.3) is 0 Å². The molecule has 2 aromatic rings. The van der Waals surface area contributed by atoms with Crippen molar-refractivity contribution in [1.29, 1.82) is 0 Å². The number of carboxylic acid groups (broad SMARTS) is 1. The average molecular weight is 346 g/mol. The molecule has 0 radical (unpaired) electrons. The minimum absolute atomic E-state index is 0.0297. The van der Waals surface area contributed by atoms with Gasteiger partial charge in [-0.15, -0.1) is 0 Å². The van der Waals surface area contributed by atoms with Crippen molar-refractivity contribution in [1.82, 2.24) is 5.32 Å². The van der Waals surface area contributed by atoms with Gasteiger partial charge in [-0.25, -0.2) is 9.59 Å². The number of benzene rings is 2. The van der Waals surface area contributed by atoms with Crippen molar-refractivity contribution < 1.29 is 19.4 Å². The van der Waals surface area contributed by atoms with E-state index in [1.807, 2.05) is 30.3 Å². The number of alkyl carbamates (subject to hydrolysis) is 1. The SMILES string of the molecule is O=C(NCC=Cc1cccc(Cl)c1C(=O)O)OCc1ccccc1. The molecule has 124 valence electrons. The van der Waals surface area contributed by atoms with Gasteiger partial charge in [-0.2, -0.15) is 0 Å². The highest BCUT2D eigenvalue weighted by molar-refractivity contribution is 6.33. The average Bonchev–Trinajstić information content (AvgIpc) is 2.57. The Kier molecular flexibility index (Phi) is 6.40. The highest BCUT2D eigenvalue weighted by Crippen LogP contribution is 2.21. The van der Waals surface area contributed by atoms with Crippen LogP contribution in [-0.2, 0) is 11.3 Å². The van der Waals surface area contributed by atoms with Crippen LogP contribution in [0.5, 0.6) is 0 Å². The molecule has 0 unspecified atom stereocenters. The van der Waals surface area contributed by atoms with E-state index in [1.54, 1.807) is 24.3 Å². The summed E-state index contributed by atoms with van der Waals surface area (Å²) in [5, 5.41) is 11.9. The van der Waals surface area contributed by atoms with Crippen LogP contribution in [0.3, 0.4) is 0 Å². The van der Waals surface area contributed by atoms with Crippen molar-refractivity contribution in [3.63, 3.8) is 0 Å². The van der Waals surface area contributed by atoms with Crippen molar-refractivity contribution in [2.45, 2.75) is 6.61 Å². The molecule has 1 amide bonds. The maximum Gasteiger partial charge on any atom is 0.407 e. The predicted octanol–water partition coefficient (Wildman–Crippen LogP) is 3.98. The molecule has 0 atom stereocenters. The minimum Gasteiger partial charge on any atom is -0.478 e. The predicted molar refractivity (Wildman–Crippen MR) is 92.1 cm³/mol. The summed E-state index contributed by atoms with van der Waals surface area (Å²) in [5.41, 5.74) is 1.39. The number of ether oxygens (including phenoxy) is 1. The van der Waals surface area contributed by atoms with E-state index in [4.69, 9.17) is 21.4 Å². The summed E-state index contributed by atoms with van der Waals surface area (Å²) in [7, 11) is 0. The Hall–Kier alpha value is -2.79. The van der Waals surface area contributed by atoms with Crippen LogP contribution in [0.25, 0.3) is 6.08 Å². The molecular formula is C18H16ClNO4. The topological polar surface area (TPSA) is 75.6 Å². The molecule has 0 fully saturated rings. The van der Waals surface area contributed by atoms with Crippen LogP contribution in [0.1, 0.15) is 21.5 Å². The monoisotopic (exact) mass is 345 g/mol. The molecule has 0 aliphatic carbocycles. The van der Waals surface area contributed by atoms with Crippen LogP contribution in [0.4, 0.5) is 4.79 Å². The number of hydrogen-bond donors (Lipinski definition) is 2. The molecular weight excluding hydrogens is 330 g/mol. The molecule has 6 heteroatoms. The maximum atomic E-state index is 11.6. The van der Waals surface area contributed by atoms with E-state index in [2.05, 4.69) is 5.32 Å². The summed E-state index contributed by atoms with van der Waals surface area (Å²) in [5.74, 6) is -1.10. The van der Waals surface area contributed by atoms with E-state index in [0.717, 1.165) is 5.56 Å². The number of carboxylic acids is 1. The molecule has 0 saturated heterocycles. The van der Waals surface area contributed by atoms with Gasteiger partial charge < -0.3 is 15.2 Å². The van der Waals surface area contributed by atoms with Crippen LogP contribution >= 0.6 is 11.6 Å². The van der Waals surface area contributed by atoms with Crippen molar-refractivity contribution in [3.8, 4) is 0 Å². The molecule has 0 aromatic heterocycles. The Bertz CT molecular complexity index is 744. The van der Waals surface area contributed by atoms with Crippen molar-refractivity contribution in [2.75, 3.05) is 6.54 Å². The van der Waals surface area contributed by atoms with Crippen LogP contribution in [0.2, 0.25) is 5.02 Å². The van der Waals surface area contributed by atoms with E-state index in [0.29, 0.717) is 5.56 Å². The number of nitrogens with one attached hydrogen (secondary N) is 1. The van der Waals surface area contributed by atoms with Crippen molar-refractivity contribution in [3.05, 3.63) is 76.3 Å². The zero-order chi connectivity index (χ0) is 17.4. The zero-order valence-electron chi connectivity index (χ0n) is 12.7. The Morgan fingerprint density at radius 2 is 1.88 bits per heavy atom. The fraction of sp³-hybridized carbons (Fsp3) is 0.111. The lowest BCUT2D eigenvalue weighted by molar-refractivity contribution is 0.0696. The number of rotatable bonds is 6. The van der Waals surface area contributed by atoms with E-state index in [-0.39, 0.29) is 23.7 Å². The highest BCUT2D eigenvalue weighted by atomic mass is 35.5. The van der Waals surface area contributed by atoms with E-state index in [1.165, 1.54) is 6.07 Å². The number of carbonyl (C=O) groups is 2. The normalized spacial score (nSPS) is 10.5. The Morgan fingerprint density at radius 3 is 2.58 bits per heavy atom. The van der Waals surface area contributed by atoms with Gasteiger partial charge in [0.15, 0.2) is 0 Å². The fourth-order valence-electron chi connectivity index (χ4n) is 2.01. The quantitative estimate of drug-likeness (QED) is 0.830. The van der Waals surface area contributed by atoms with Gasteiger partial charge in [-0.3, -0.25) is 0 Å². The molecule has 5 nitrogen and oxygen atoms in total. The minimum atomic E-state index is -1.10. The lowest BCUT2D eigenvalue weighted by Crippen LogP contribution is -2.24. The fourth-order valence-corrected chi connectivity index (χ4v) is 2.27. The highest BCUT2D eigenvalue weighted by Gasteiger charge is 2.11. The van der Waals surface area contributed by atoms with Crippen LogP contribution in [0.15, 0.2) is 54.6 Å². The summed E-state index contributed by atoms with van der Waals surface area (Å²) >= 11 is 5.88. The van der Waals surface area contributed by atoms with Gasteiger partial charge in [0, 0.05) is 6.54 Å². The lowest BCUT2D eigenvalue weighted by atomic mass is 10.1. The molecule has 0 spiro atoms. The third-order valence-electron chi connectivity index (χ3n) is 3.13. The van der Waals surface area contributed by atoms with Gasteiger partial charge in [0.2, 0.25) is 0 Å². The second-order valence-electron chi connectivity index (χ2n) is 4.85. The standard InChI is InChI=1S/C18H16ClNO4/c19-15-10-4-8-14(16(15)17(21)22)9-5-11-20-18(23)24-12-13-6-2-1-3-7-13/h1-10H,11-12H2,(H,20,23)(H,21,22). The lowest BCUT2D eigenvalue weighted by Gasteiger charge is -2.06. The summed E-state index contributed by atoms with van der Waals surface area (Å²) < 4.78 is 5.06. The molecule has 2 rings (SSSR count). The van der Waals surface area contributed by atoms with Crippen LogP contribution < -0.4 is 5.32 Å². The number of carbonyl (C=O) groups excluding carboxylic acids is 1. The summed E-state index contributed by atoms with van der Waals surface area (Å²) in [6.07, 6.45) is 2.67. The van der Waals surface area contributed by atoms with Gasteiger partial charge in [0.05, 0.1) is 10.6 Å². The van der Waals surface area contributed by atoms with Crippen molar-refractivity contribution >= 4 is 29.7 Å². The van der Waals surface area contributed by atoms with Crippen molar-refractivity contribution in [2.24, 2.45) is 0 Å². The smallest absolute Gasteiger partial charge is 0.407 e. The molecule has 24 heavy (non-hydrogen) atoms. The Labute approximate surface area is 144 Å². The molecule has 0 heterocycles. The zero-order valence-corrected chi connectivity index (χ0v) is 13.5. The van der Waals surface area contributed by atoms with Gasteiger partial charge in [0.1, 0.15) is 6.61 Å². The third kappa shape index (κ3) is 5.14.